The van der Waals surface area contributed by atoms with Crippen molar-refractivity contribution in [3.05, 3.63) is 69.6 Å². The number of ether oxygens (including phenoxy) is 1. The Morgan fingerprint density at radius 3 is 2.69 bits per heavy atom. The average Bonchev–Trinajstić information content (AvgIpc) is 2.94. The third-order valence-electron chi connectivity index (χ3n) is 4.12. The van der Waals surface area contributed by atoms with Gasteiger partial charge in [-0.1, -0.05) is 59.8 Å². The Kier molecular flexibility index (Phi) is 7.30. The van der Waals surface area contributed by atoms with Crippen molar-refractivity contribution in [1.82, 2.24) is 4.90 Å². The molecule has 2 aromatic rings. The van der Waals surface area contributed by atoms with E-state index < -0.39 is 5.97 Å². The lowest BCUT2D eigenvalue weighted by atomic mass is 10.2. The number of rotatable bonds is 8. The zero-order valence-corrected chi connectivity index (χ0v) is 17.7. The number of carboxylic acid groups (broad SMARTS) is 1. The summed E-state index contributed by atoms with van der Waals surface area (Å²) in [5.41, 5.74) is 1.83. The fourth-order valence-corrected chi connectivity index (χ4v) is 4.21. The summed E-state index contributed by atoms with van der Waals surface area (Å²) < 4.78 is 6.21. The molecule has 1 heterocycles. The van der Waals surface area contributed by atoms with Crippen molar-refractivity contribution in [3.8, 4) is 5.75 Å². The Bertz CT molecular complexity index is 959. The van der Waals surface area contributed by atoms with Gasteiger partial charge in [0.05, 0.1) is 4.91 Å². The lowest BCUT2D eigenvalue weighted by Gasteiger charge is -2.13. The van der Waals surface area contributed by atoms with Crippen molar-refractivity contribution in [3.63, 3.8) is 0 Å². The maximum atomic E-state index is 12.5. The number of thioether (sulfide) groups is 1. The predicted molar refractivity (Wildman–Crippen MR) is 119 cm³/mol. The lowest BCUT2D eigenvalue weighted by Crippen LogP contribution is -2.29. The van der Waals surface area contributed by atoms with Gasteiger partial charge in [0.2, 0.25) is 0 Å². The van der Waals surface area contributed by atoms with Crippen LogP contribution in [-0.2, 0) is 16.2 Å². The standard InChI is InChI=1S/C21H18ClNO4S2/c22-16-4-1-3-15(11-16)13-27-17-8-6-14(7-9-17)12-18-20(26)23(21(28)29-18)10-2-5-19(24)25/h1,3-4,6-9,11-12H,2,5,10,13H2,(H,24,25)/b18-12-. The molecule has 0 atom stereocenters. The molecule has 0 unspecified atom stereocenters. The number of hydrogen-bond acceptors (Lipinski definition) is 5. The van der Waals surface area contributed by atoms with Gasteiger partial charge >= 0.3 is 5.97 Å². The fourth-order valence-electron chi connectivity index (χ4n) is 2.69. The zero-order valence-electron chi connectivity index (χ0n) is 15.3. The van der Waals surface area contributed by atoms with Gasteiger partial charge in [-0.05, 0) is 47.9 Å². The lowest BCUT2D eigenvalue weighted by molar-refractivity contribution is -0.137. The number of halogens is 1. The molecular weight excluding hydrogens is 430 g/mol. The molecule has 2 aromatic carbocycles. The minimum atomic E-state index is -0.886. The number of thiocarbonyl (C=S) groups is 1. The molecule has 0 aromatic heterocycles. The van der Waals surface area contributed by atoms with Crippen LogP contribution in [0.5, 0.6) is 5.75 Å². The maximum Gasteiger partial charge on any atom is 0.303 e. The summed E-state index contributed by atoms with van der Waals surface area (Å²) in [6, 6.07) is 14.9. The third kappa shape index (κ3) is 6.06. The number of nitrogens with zero attached hydrogens (tertiary/aromatic N) is 1. The number of hydrogen-bond donors (Lipinski definition) is 1. The summed E-state index contributed by atoms with van der Waals surface area (Å²) in [6.07, 6.45) is 2.15. The number of benzene rings is 2. The number of aliphatic carboxylic acids is 1. The average molecular weight is 448 g/mol. The molecule has 0 radical (unpaired) electrons. The molecule has 29 heavy (non-hydrogen) atoms. The Balaban J connectivity index is 1.59. The van der Waals surface area contributed by atoms with Crippen LogP contribution in [0.1, 0.15) is 24.0 Å². The van der Waals surface area contributed by atoms with Crippen molar-refractivity contribution >= 4 is 57.9 Å². The quantitative estimate of drug-likeness (QED) is 0.454. The van der Waals surface area contributed by atoms with E-state index in [2.05, 4.69) is 0 Å². The number of carbonyl (C=O) groups excluding carboxylic acids is 1. The van der Waals surface area contributed by atoms with Gasteiger partial charge in [0.1, 0.15) is 16.7 Å². The molecule has 150 valence electrons. The highest BCUT2D eigenvalue weighted by molar-refractivity contribution is 8.26. The zero-order chi connectivity index (χ0) is 20.8. The Morgan fingerprint density at radius 2 is 2.00 bits per heavy atom. The second kappa shape index (κ2) is 9.91. The minimum Gasteiger partial charge on any atom is -0.489 e. The van der Waals surface area contributed by atoms with Crippen LogP contribution >= 0.6 is 35.6 Å². The Labute approximate surface area is 183 Å². The van der Waals surface area contributed by atoms with Gasteiger partial charge in [-0.2, -0.15) is 0 Å². The highest BCUT2D eigenvalue weighted by Gasteiger charge is 2.31. The van der Waals surface area contributed by atoms with E-state index >= 15 is 0 Å². The Morgan fingerprint density at radius 1 is 1.24 bits per heavy atom. The van der Waals surface area contributed by atoms with Crippen LogP contribution < -0.4 is 4.74 Å². The molecule has 8 heteroatoms. The molecule has 0 saturated carbocycles. The van der Waals surface area contributed by atoms with E-state index in [1.165, 1.54) is 16.7 Å². The molecule has 0 aliphatic carbocycles. The molecule has 0 spiro atoms. The summed E-state index contributed by atoms with van der Waals surface area (Å²) >= 11 is 12.4. The van der Waals surface area contributed by atoms with Gasteiger partial charge in [-0.25, -0.2) is 0 Å². The van der Waals surface area contributed by atoms with E-state index in [4.69, 9.17) is 33.7 Å². The SMILES string of the molecule is O=C(O)CCCN1C(=O)/C(=C/c2ccc(OCc3cccc(Cl)c3)cc2)SC1=S. The summed E-state index contributed by atoms with van der Waals surface area (Å²) in [5, 5.41) is 9.40. The Hall–Kier alpha value is -2.35. The van der Waals surface area contributed by atoms with Gasteiger partial charge in [0.15, 0.2) is 0 Å². The van der Waals surface area contributed by atoms with Gasteiger partial charge in [0.25, 0.3) is 5.91 Å². The van der Waals surface area contributed by atoms with Crippen molar-refractivity contribution in [2.75, 3.05) is 6.54 Å². The van der Waals surface area contributed by atoms with Crippen LogP contribution in [0.2, 0.25) is 5.02 Å². The molecule has 3 rings (SSSR count). The van der Waals surface area contributed by atoms with Crippen molar-refractivity contribution in [1.29, 1.82) is 0 Å². The van der Waals surface area contributed by atoms with Gasteiger partial charge in [-0.15, -0.1) is 0 Å². The fraction of sp³-hybridized carbons (Fsp3) is 0.190. The smallest absolute Gasteiger partial charge is 0.303 e. The second-order valence-electron chi connectivity index (χ2n) is 6.32. The number of carboxylic acids is 1. The number of carbonyl (C=O) groups is 2. The topological polar surface area (TPSA) is 66.8 Å². The molecule has 1 saturated heterocycles. The summed E-state index contributed by atoms with van der Waals surface area (Å²) in [6.45, 7) is 0.722. The predicted octanol–water partition coefficient (Wildman–Crippen LogP) is 4.99. The molecule has 1 amide bonds. The number of amides is 1. The molecule has 1 aliphatic rings. The molecular formula is C21H18ClNO4S2. The van der Waals surface area contributed by atoms with Gasteiger partial charge in [-0.3, -0.25) is 14.5 Å². The van der Waals surface area contributed by atoms with Crippen LogP contribution in [0.3, 0.4) is 0 Å². The van der Waals surface area contributed by atoms with Gasteiger partial charge in [0, 0.05) is 18.0 Å². The van der Waals surface area contributed by atoms with Crippen LogP contribution in [0.25, 0.3) is 6.08 Å². The molecule has 0 bridgehead atoms. The van der Waals surface area contributed by atoms with Crippen LogP contribution in [0, 0.1) is 0 Å². The van der Waals surface area contributed by atoms with Crippen LogP contribution in [0.15, 0.2) is 53.4 Å². The van der Waals surface area contributed by atoms with E-state index in [9.17, 15) is 9.59 Å². The summed E-state index contributed by atoms with van der Waals surface area (Å²) in [5.74, 6) is -0.362. The molecule has 5 nitrogen and oxygen atoms in total. The summed E-state index contributed by atoms with van der Waals surface area (Å²) in [7, 11) is 0. The first-order valence-electron chi connectivity index (χ1n) is 8.87. The van der Waals surface area contributed by atoms with Crippen molar-refractivity contribution in [2.24, 2.45) is 0 Å². The largest absolute Gasteiger partial charge is 0.489 e. The summed E-state index contributed by atoms with van der Waals surface area (Å²) in [4.78, 5) is 25.1. The molecule has 1 fully saturated rings. The van der Waals surface area contributed by atoms with E-state index in [0.717, 1.165) is 11.1 Å². The highest BCUT2D eigenvalue weighted by atomic mass is 35.5. The first kappa shape index (κ1) is 21.4. The van der Waals surface area contributed by atoms with Crippen molar-refractivity contribution in [2.45, 2.75) is 19.4 Å². The van der Waals surface area contributed by atoms with E-state index in [1.807, 2.05) is 48.5 Å². The molecule has 1 N–H and O–H groups in total. The highest BCUT2D eigenvalue weighted by Crippen LogP contribution is 2.33. The molecule has 1 aliphatic heterocycles. The normalized spacial score (nSPS) is 15.2. The van der Waals surface area contributed by atoms with Gasteiger partial charge < -0.3 is 9.84 Å². The monoisotopic (exact) mass is 447 g/mol. The van der Waals surface area contributed by atoms with E-state index in [0.29, 0.717) is 39.6 Å². The van der Waals surface area contributed by atoms with Crippen LogP contribution in [0.4, 0.5) is 0 Å². The van der Waals surface area contributed by atoms with E-state index in [-0.39, 0.29) is 12.3 Å². The van der Waals surface area contributed by atoms with E-state index in [1.54, 1.807) is 6.08 Å². The minimum absolute atomic E-state index is 0.00670. The second-order valence-corrected chi connectivity index (χ2v) is 8.43. The first-order valence-corrected chi connectivity index (χ1v) is 10.5. The maximum absolute atomic E-state index is 12.5. The third-order valence-corrected chi connectivity index (χ3v) is 5.73. The van der Waals surface area contributed by atoms with Crippen molar-refractivity contribution < 1.29 is 19.4 Å². The first-order chi connectivity index (χ1) is 13.9. The van der Waals surface area contributed by atoms with Crippen LogP contribution in [-0.4, -0.2) is 32.7 Å².